The summed E-state index contributed by atoms with van der Waals surface area (Å²) in [5, 5.41) is 9.02. The van der Waals surface area contributed by atoms with Crippen LogP contribution in [0.25, 0.3) is 11.5 Å². The smallest absolute Gasteiger partial charge is 0.319 e. The summed E-state index contributed by atoms with van der Waals surface area (Å²) in [4.78, 5) is 15.5. The highest BCUT2D eigenvalue weighted by Crippen LogP contribution is 2.24. The van der Waals surface area contributed by atoms with Crippen LogP contribution in [0.3, 0.4) is 0 Å². The Hall–Kier alpha value is -2.23. The van der Waals surface area contributed by atoms with E-state index in [-0.39, 0.29) is 0 Å². The highest BCUT2D eigenvalue weighted by atomic mass is 32.2. The number of carbonyl (C=O) groups is 1. The molecule has 0 fully saturated rings. The molecule has 0 radical (unpaired) electrons. The highest BCUT2D eigenvalue weighted by Gasteiger charge is 2.26. The molecule has 1 aromatic carbocycles. The molecule has 0 saturated heterocycles. The molecule has 0 aliphatic carbocycles. The predicted molar refractivity (Wildman–Crippen MR) is 108 cm³/mol. The molecule has 0 saturated carbocycles. The number of carboxylic acids is 1. The van der Waals surface area contributed by atoms with Crippen molar-refractivity contribution in [2.24, 2.45) is 0 Å². The second kappa shape index (κ2) is 9.63. The van der Waals surface area contributed by atoms with Gasteiger partial charge in [-0.15, -0.1) is 11.8 Å². The molecule has 0 unspecified atom stereocenters. The molecule has 0 spiro atoms. The van der Waals surface area contributed by atoms with Gasteiger partial charge in [0.1, 0.15) is 17.1 Å². The molecule has 27 heavy (non-hydrogen) atoms. The fraction of sp³-hybridized carbons (Fsp3) is 0.429. The summed E-state index contributed by atoms with van der Waals surface area (Å²) in [6.45, 7) is 8.11. The topological polar surface area (TPSA) is 72.6 Å². The standard InChI is InChI=1S/C21H25NO4S/c1-15-7-9-17(10-8-15)19-22-18(16(2)26-19)11-13-25-12-5-6-14-27-21(3,4)20(23)24/h7-10H,11-14H2,1-4H3,(H,23,24). The molecule has 0 amide bonds. The highest BCUT2D eigenvalue weighted by molar-refractivity contribution is 8.01. The zero-order valence-electron chi connectivity index (χ0n) is 16.2. The summed E-state index contributed by atoms with van der Waals surface area (Å²) in [6.07, 6.45) is 0.656. The van der Waals surface area contributed by atoms with Crippen molar-refractivity contribution in [3.63, 3.8) is 0 Å². The number of oxazole rings is 1. The van der Waals surface area contributed by atoms with Crippen LogP contribution in [0.1, 0.15) is 30.9 Å². The monoisotopic (exact) mass is 387 g/mol. The van der Waals surface area contributed by atoms with Gasteiger partial charge in [-0.3, -0.25) is 4.79 Å². The largest absolute Gasteiger partial charge is 0.480 e. The van der Waals surface area contributed by atoms with Gasteiger partial charge >= 0.3 is 5.97 Å². The molecule has 0 atom stereocenters. The van der Waals surface area contributed by atoms with Gasteiger partial charge < -0.3 is 14.3 Å². The van der Waals surface area contributed by atoms with E-state index < -0.39 is 10.7 Å². The van der Waals surface area contributed by atoms with Crippen molar-refractivity contribution >= 4 is 17.7 Å². The fourth-order valence-corrected chi connectivity index (χ4v) is 2.81. The summed E-state index contributed by atoms with van der Waals surface area (Å²) in [5.41, 5.74) is 3.04. The molecule has 0 aliphatic rings. The Kier molecular flexibility index (Phi) is 7.52. The number of hydrogen-bond donors (Lipinski definition) is 1. The van der Waals surface area contributed by atoms with Gasteiger partial charge in [0, 0.05) is 12.0 Å². The number of aryl methyl sites for hydroxylation is 2. The first-order valence-corrected chi connectivity index (χ1v) is 9.72. The number of hydrogen-bond acceptors (Lipinski definition) is 5. The Balaban J connectivity index is 1.74. The maximum atomic E-state index is 11.0. The molecule has 1 N–H and O–H groups in total. The van der Waals surface area contributed by atoms with Crippen molar-refractivity contribution in [2.75, 3.05) is 19.0 Å². The van der Waals surface area contributed by atoms with E-state index in [0.717, 1.165) is 17.0 Å². The molecular formula is C21H25NO4S. The van der Waals surface area contributed by atoms with E-state index >= 15 is 0 Å². The van der Waals surface area contributed by atoms with E-state index in [9.17, 15) is 4.79 Å². The third kappa shape index (κ3) is 6.46. The lowest BCUT2D eigenvalue weighted by Gasteiger charge is -2.16. The van der Waals surface area contributed by atoms with Gasteiger partial charge in [-0.1, -0.05) is 29.5 Å². The van der Waals surface area contributed by atoms with Crippen LogP contribution in [0.2, 0.25) is 0 Å². The van der Waals surface area contributed by atoms with Gasteiger partial charge in [0.15, 0.2) is 0 Å². The minimum Gasteiger partial charge on any atom is -0.480 e. The minimum atomic E-state index is -0.835. The van der Waals surface area contributed by atoms with Crippen LogP contribution in [0, 0.1) is 25.7 Å². The number of aromatic nitrogens is 1. The van der Waals surface area contributed by atoms with Crippen LogP contribution in [-0.4, -0.2) is 39.8 Å². The molecule has 6 heteroatoms. The molecule has 5 nitrogen and oxygen atoms in total. The van der Waals surface area contributed by atoms with Crippen LogP contribution >= 0.6 is 11.8 Å². The van der Waals surface area contributed by atoms with Crippen LogP contribution in [0.15, 0.2) is 28.7 Å². The quantitative estimate of drug-likeness (QED) is 0.543. The Morgan fingerprint density at radius 2 is 1.96 bits per heavy atom. The number of thioether (sulfide) groups is 1. The second-order valence-electron chi connectivity index (χ2n) is 6.65. The average molecular weight is 388 g/mol. The molecule has 1 aromatic heterocycles. The van der Waals surface area contributed by atoms with E-state index in [1.54, 1.807) is 13.8 Å². The van der Waals surface area contributed by atoms with E-state index in [1.165, 1.54) is 17.3 Å². The third-order valence-corrected chi connectivity index (χ3v) is 5.18. The fourth-order valence-electron chi connectivity index (χ4n) is 2.15. The summed E-state index contributed by atoms with van der Waals surface area (Å²) in [6, 6.07) is 8.07. The van der Waals surface area contributed by atoms with Crippen LogP contribution in [0.5, 0.6) is 0 Å². The average Bonchev–Trinajstić information content (AvgIpc) is 2.98. The lowest BCUT2D eigenvalue weighted by Crippen LogP contribution is -2.27. The summed E-state index contributed by atoms with van der Waals surface area (Å²) < 4.78 is 10.5. The van der Waals surface area contributed by atoms with Crippen molar-refractivity contribution in [3.8, 4) is 23.3 Å². The predicted octanol–water partition coefficient (Wildman–Crippen LogP) is 4.12. The SMILES string of the molecule is Cc1ccc(-c2nc(CCOCC#CCSC(C)(C)C(=O)O)c(C)o2)cc1. The first kappa shape index (κ1) is 21.1. The Labute approximate surface area is 164 Å². The van der Waals surface area contributed by atoms with Crippen LogP contribution in [0.4, 0.5) is 0 Å². The molecule has 2 rings (SSSR count). The number of benzene rings is 1. The molecule has 1 heterocycles. The Morgan fingerprint density at radius 1 is 1.26 bits per heavy atom. The maximum Gasteiger partial charge on any atom is 0.319 e. The molecule has 0 bridgehead atoms. The van der Waals surface area contributed by atoms with Gasteiger partial charge in [0.05, 0.1) is 18.1 Å². The zero-order chi connectivity index (χ0) is 19.9. The number of nitrogens with zero attached hydrogens (tertiary/aromatic N) is 1. The summed E-state index contributed by atoms with van der Waals surface area (Å²) >= 11 is 1.30. The first-order chi connectivity index (χ1) is 12.8. The number of aliphatic carboxylic acids is 1. The van der Waals surface area contributed by atoms with Crippen LogP contribution < -0.4 is 0 Å². The lowest BCUT2D eigenvalue weighted by atomic mass is 10.1. The number of rotatable bonds is 8. The van der Waals surface area contributed by atoms with Crippen molar-refractivity contribution in [1.82, 2.24) is 4.98 Å². The summed E-state index contributed by atoms with van der Waals surface area (Å²) in [7, 11) is 0. The van der Waals surface area contributed by atoms with Gasteiger partial charge in [0.25, 0.3) is 0 Å². The Bertz CT molecular complexity index is 828. The van der Waals surface area contributed by atoms with E-state index in [1.807, 2.05) is 38.1 Å². The second-order valence-corrected chi connectivity index (χ2v) is 8.25. The molecular weight excluding hydrogens is 362 g/mol. The summed E-state index contributed by atoms with van der Waals surface area (Å²) in [5.74, 6) is 6.88. The van der Waals surface area contributed by atoms with Gasteiger partial charge in [-0.05, 0) is 39.8 Å². The van der Waals surface area contributed by atoms with Gasteiger partial charge in [-0.2, -0.15) is 0 Å². The number of carboxylic acid groups (broad SMARTS) is 1. The van der Waals surface area contributed by atoms with Crippen molar-refractivity contribution in [2.45, 2.75) is 38.9 Å². The van der Waals surface area contributed by atoms with Crippen molar-refractivity contribution in [1.29, 1.82) is 0 Å². The third-order valence-electron chi connectivity index (χ3n) is 3.99. The number of ether oxygens (including phenoxy) is 1. The first-order valence-electron chi connectivity index (χ1n) is 8.74. The molecule has 144 valence electrons. The van der Waals surface area contributed by atoms with E-state index in [4.69, 9.17) is 14.3 Å². The van der Waals surface area contributed by atoms with Gasteiger partial charge in [-0.25, -0.2) is 4.98 Å². The van der Waals surface area contributed by atoms with Gasteiger partial charge in [0.2, 0.25) is 5.89 Å². The molecule has 0 aliphatic heterocycles. The lowest BCUT2D eigenvalue weighted by molar-refractivity contribution is -0.138. The van der Waals surface area contributed by atoms with E-state index in [2.05, 4.69) is 16.8 Å². The maximum absolute atomic E-state index is 11.0. The van der Waals surface area contributed by atoms with Crippen LogP contribution in [-0.2, 0) is 16.0 Å². The minimum absolute atomic E-state index is 0.315. The zero-order valence-corrected chi connectivity index (χ0v) is 17.0. The Morgan fingerprint density at radius 3 is 2.63 bits per heavy atom. The van der Waals surface area contributed by atoms with Crippen molar-refractivity contribution in [3.05, 3.63) is 41.3 Å². The normalized spacial score (nSPS) is 11.1. The van der Waals surface area contributed by atoms with E-state index in [0.29, 0.717) is 31.3 Å². The van der Waals surface area contributed by atoms with Crippen molar-refractivity contribution < 1.29 is 19.1 Å². The molecule has 2 aromatic rings.